The molecule has 2 aromatic rings. The number of piperazine rings is 1. The van der Waals surface area contributed by atoms with Gasteiger partial charge in [0, 0.05) is 6.54 Å². The summed E-state index contributed by atoms with van der Waals surface area (Å²) in [5.41, 5.74) is 1.88. The minimum atomic E-state index is -0.251. The van der Waals surface area contributed by atoms with Crippen molar-refractivity contribution in [3.63, 3.8) is 0 Å². The van der Waals surface area contributed by atoms with Crippen molar-refractivity contribution in [1.82, 2.24) is 10.6 Å². The molecule has 0 aromatic heterocycles. The molecule has 140 valence electrons. The van der Waals surface area contributed by atoms with Gasteiger partial charge < -0.3 is 20.9 Å². The molecule has 3 rings (SSSR count). The first-order valence-electron chi connectivity index (χ1n) is 8.93. The zero-order valence-corrected chi connectivity index (χ0v) is 15.0. The number of amides is 3. The van der Waals surface area contributed by atoms with Crippen LogP contribution in [0.25, 0.3) is 0 Å². The molecule has 0 radical (unpaired) electrons. The number of para-hydroxylation sites is 1. The molecular formula is C20H23N4O3+. The topological polar surface area (TPSA) is 91.7 Å². The van der Waals surface area contributed by atoms with Gasteiger partial charge in [0.05, 0.1) is 24.3 Å². The predicted octanol–water partition coefficient (Wildman–Crippen LogP) is -0.430. The number of benzene rings is 2. The van der Waals surface area contributed by atoms with Gasteiger partial charge in [-0.25, -0.2) is 0 Å². The molecule has 1 heterocycles. The van der Waals surface area contributed by atoms with Crippen molar-refractivity contribution in [3.8, 4) is 0 Å². The van der Waals surface area contributed by atoms with Crippen molar-refractivity contribution in [2.45, 2.75) is 6.54 Å². The van der Waals surface area contributed by atoms with Gasteiger partial charge in [-0.05, 0) is 17.7 Å². The van der Waals surface area contributed by atoms with Gasteiger partial charge in [-0.15, -0.1) is 0 Å². The lowest BCUT2D eigenvalue weighted by molar-refractivity contribution is -0.885. The highest BCUT2D eigenvalue weighted by molar-refractivity contribution is 6.03. The van der Waals surface area contributed by atoms with Gasteiger partial charge in [-0.1, -0.05) is 42.5 Å². The zero-order valence-electron chi connectivity index (χ0n) is 15.0. The van der Waals surface area contributed by atoms with E-state index in [1.54, 1.807) is 24.3 Å². The third kappa shape index (κ3) is 5.39. The quantitative estimate of drug-likeness (QED) is 0.558. The summed E-state index contributed by atoms with van der Waals surface area (Å²) in [6.45, 7) is 2.16. The van der Waals surface area contributed by atoms with Crippen molar-refractivity contribution >= 4 is 23.4 Å². The molecule has 1 fully saturated rings. The summed E-state index contributed by atoms with van der Waals surface area (Å²) < 4.78 is 0. The molecule has 0 bridgehead atoms. The van der Waals surface area contributed by atoms with Crippen LogP contribution >= 0.6 is 0 Å². The van der Waals surface area contributed by atoms with Crippen molar-refractivity contribution in [1.29, 1.82) is 0 Å². The van der Waals surface area contributed by atoms with E-state index in [0.29, 0.717) is 30.9 Å². The highest BCUT2D eigenvalue weighted by Gasteiger charge is 2.23. The van der Waals surface area contributed by atoms with Gasteiger partial charge in [-0.2, -0.15) is 0 Å². The van der Waals surface area contributed by atoms with Crippen LogP contribution in [0.15, 0.2) is 54.6 Å². The summed E-state index contributed by atoms with van der Waals surface area (Å²) in [4.78, 5) is 37.2. The fourth-order valence-electron chi connectivity index (χ4n) is 2.99. The average Bonchev–Trinajstić information content (AvgIpc) is 2.67. The normalized spacial score (nSPS) is 16.3. The Balaban J connectivity index is 1.60. The third-order valence-corrected chi connectivity index (χ3v) is 4.36. The first-order chi connectivity index (χ1) is 13.1. The molecule has 2 aromatic carbocycles. The second-order valence-electron chi connectivity index (χ2n) is 6.47. The largest absolute Gasteiger partial charge is 0.348 e. The molecule has 1 atom stereocenters. The van der Waals surface area contributed by atoms with Crippen LogP contribution in [-0.4, -0.2) is 43.9 Å². The van der Waals surface area contributed by atoms with Crippen LogP contribution in [0.3, 0.4) is 0 Å². The molecule has 27 heavy (non-hydrogen) atoms. The Morgan fingerprint density at radius 1 is 1.04 bits per heavy atom. The fraction of sp³-hybridized carbons (Fsp3) is 0.250. The lowest BCUT2D eigenvalue weighted by Gasteiger charge is -2.23. The van der Waals surface area contributed by atoms with Crippen LogP contribution in [0.4, 0.5) is 5.69 Å². The Kier molecular flexibility index (Phi) is 6.17. The molecule has 1 unspecified atom stereocenters. The van der Waals surface area contributed by atoms with E-state index in [0.717, 1.165) is 10.5 Å². The van der Waals surface area contributed by atoms with E-state index in [-0.39, 0.29) is 30.8 Å². The number of quaternary nitrogens is 1. The molecule has 0 aliphatic carbocycles. The predicted molar refractivity (Wildman–Crippen MR) is 101 cm³/mol. The van der Waals surface area contributed by atoms with Crippen LogP contribution in [0.5, 0.6) is 0 Å². The lowest BCUT2D eigenvalue weighted by Crippen LogP contribution is -3.16. The molecule has 1 aliphatic rings. The zero-order chi connectivity index (χ0) is 19.1. The summed E-state index contributed by atoms with van der Waals surface area (Å²) in [5.74, 6) is -0.521. The molecule has 0 spiro atoms. The van der Waals surface area contributed by atoms with Crippen LogP contribution < -0.4 is 20.9 Å². The number of hydrogen-bond donors (Lipinski definition) is 4. The second kappa shape index (κ2) is 8.95. The summed E-state index contributed by atoms with van der Waals surface area (Å²) >= 11 is 0. The molecular weight excluding hydrogens is 344 g/mol. The van der Waals surface area contributed by atoms with Crippen molar-refractivity contribution in [2.24, 2.45) is 0 Å². The molecule has 7 nitrogen and oxygen atoms in total. The number of anilines is 1. The number of nitrogens with one attached hydrogen (secondary N) is 4. The summed E-state index contributed by atoms with van der Waals surface area (Å²) in [7, 11) is 0. The van der Waals surface area contributed by atoms with Crippen LogP contribution in [-0.2, 0) is 16.1 Å². The maximum atomic E-state index is 12.5. The van der Waals surface area contributed by atoms with E-state index in [1.807, 2.05) is 30.3 Å². The first kappa shape index (κ1) is 18.6. The number of rotatable bonds is 6. The first-order valence-corrected chi connectivity index (χ1v) is 8.93. The van der Waals surface area contributed by atoms with Crippen molar-refractivity contribution < 1.29 is 19.3 Å². The third-order valence-electron chi connectivity index (χ3n) is 4.36. The highest BCUT2D eigenvalue weighted by atomic mass is 16.2. The van der Waals surface area contributed by atoms with Gasteiger partial charge in [0.2, 0.25) is 0 Å². The number of carbonyl (C=O) groups excluding carboxylic acids is 3. The average molecular weight is 367 g/mol. The minimum absolute atomic E-state index is 0.0512. The fourth-order valence-corrected chi connectivity index (χ4v) is 2.99. The molecule has 4 N–H and O–H groups in total. The molecule has 1 aliphatic heterocycles. The number of hydrogen-bond acceptors (Lipinski definition) is 3. The minimum Gasteiger partial charge on any atom is -0.348 e. The van der Waals surface area contributed by atoms with Gasteiger partial charge in [0.15, 0.2) is 13.1 Å². The smallest absolute Gasteiger partial charge is 0.279 e. The van der Waals surface area contributed by atoms with Gasteiger partial charge in [0.25, 0.3) is 17.7 Å². The second-order valence-corrected chi connectivity index (χ2v) is 6.47. The summed E-state index contributed by atoms with van der Waals surface area (Å²) in [6.07, 6.45) is 0. The van der Waals surface area contributed by atoms with Crippen LogP contribution in [0.2, 0.25) is 0 Å². The Labute approximate surface area is 157 Å². The van der Waals surface area contributed by atoms with Crippen molar-refractivity contribution in [3.05, 3.63) is 65.7 Å². The summed E-state index contributed by atoms with van der Waals surface area (Å²) in [5, 5.41) is 8.41. The Morgan fingerprint density at radius 3 is 2.56 bits per heavy atom. The SMILES string of the molecule is O=C1C[NH+](CC(=O)Nc2ccccc2C(=O)NCc2ccccc2)CCN1. The maximum absolute atomic E-state index is 12.5. The van der Waals surface area contributed by atoms with Crippen LogP contribution in [0.1, 0.15) is 15.9 Å². The maximum Gasteiger partial charge on any atom is 0.279 e. The van der Waals surface area contributed by atoms with E-state index >= 15 is 0 Å². The van der Waals surface area contributed by atoms with Gasteiger partial charge >= 0.3 is 0 Å². The van der Waals surface area contributed by atoms with E-state index < -0.39 is 0 Å². The molecule has 0 saturated carbocycles. The van der Waals surface area contributed by atoms with E-state index in [1.165, 1.54) is 0 Å². The lowest BCUT2D eigenvalue weighted by atomic mass is 10.1. The van der Waals surface area contributed by atoms with Gasteiger partial charge in [0.1, 0.15) is 0 Å². The standard InChI is InChI=1S/C20H22N4O3/c25-18-13-24(11-10-21-18)14-19(26)23-17-9-5-4-8-16(17)20(27)22-12-15-6-2-1-3-7-15/h1-9H,10-14H2,(H,21,25)(H,22,27)(H,23,26)/p+1. The monoisotopic (exact) mass is 367 g/mol. The molecule has 1 saturated heterocycles. The Bertz CT molecular complexity index is 823. The van der Waals surface area contributed by atoms with Gasteiger partial charge in [-0.3, -0.25) is 14.4 Å². The van der Waals surface area contributed by atoms with E-state index in [2.05, 4.69) is 16.0 Å². The van der Waals surface area contributed by atoms with Crippen LogP contribution in [0, 0.1) is 0 Å². The Hall–Kier alpha value is -3.19. The highest BCUT2D eigenvalue weighted by Crippen LogP contribution is 2.15. The molecule has 7 heteroatoms. The van der Waals surface area contributed by atoms with Crippen molar-refractivity contribution in [2.75, 3.05) is 31.5 Å². The molecule has 3 amide bonds. The Morgan fingerprint density at radius 2 is 1.78 bits per heavy atom. The number of carbonyl (C=O) groups is 3. The van der Waals surface area contributed by atoms with E-state index in [9.17, 15) is 14.4 Å². The summed E-state index contributed by atoms with van der Waals surface area (Å²) in [6, 6.07) is 16.5. The van der Waals surface area contributed by atoms with E-state index in [4.69, 9.17) is 0 Å².